The first kappa shape index (κ1) is 15.9. The number of halogens is 4. The summed E-state index contributed by atoms with van der Waals surface area (Å²) < 4.78 is 37.7. The fraction of sp³-hybridized carbons (Fsp3) is 0.500. The SMILES string of the molecule is CCCCN(CC(F)(F)F)C(=O)c1cccnc1Br. The third-order valence-electron chi connectivity index (χ3n) is 2.43. The number of hydrogen-bond acceptors (Lipinski definition) is 2. The van der Waals surface area contributed by atoms with Crippen molar-refractivity contribution < 1.29 is 18.0 Å². The third kappa shape index (κ3) is 5.18. The predicted octanol–water partition coefficient (Wildman–Crippen LogP) is 3.65. The fourth-order valence-corrected chi connectivity index (χ4v) is 1.95. The molecule has 0 N–H and O–H groups in total. The van der Waals surface area contributed by atoms with E-state index in [2.05, 4.69) is 20.9 Å². The lowest BCUT2D eigenvalue weighted by Gasteiger charge is -2.24. The van der Waals surface area contributed by atoms with Crippen LogP contribution in [0.15, 0.2) is 22.9 Å². The number of aromatic nitrogens is 1. The summed E-state index contributed by atoms with van der Waals surface area (Å²) in [6.45, 7) is 0.694. The van der Waals surface area contributed by atoms with E-state index >= 15 is 0 Å². The van der Waals surface area contributed by atoms with Gasteiger partial charge in [0, 0.05) is 12.7 Å². The molecular weight excluding hydrogens is 325 g/mol. The first-order valence-electron chi connectivity index (χ1n) is 5.81. The van der Waals surface area contributed by atoms with Crippen molar-refractivity contribution in [1.82, 2.24) is 9.88 Å². The Bertz CT molecular complexity index is 437. The molecule has 7 heteroatoms. The summed E-state index contributed by atoms with van der Waals surface area (Å²) >= 11 is 3.07. The second kappa shape index (κ2) is 6.88. The van der Waals surface area contributed by atoms with Crippen LogP contribution in [0.3, 0.4) is 0 Å². The van der Waals surface area contributed by atoms with Crippen LogP contribution in [0.5, 0.6) is 0 Å². The van der Waals surface area contributed by atoms with Gasteiger partial charge in [0.2, 0.25) is 0 Å². The molecule has 1 rings (SSSR count). The van der Waals surface area contributed by atoms with E-state index in [0.29, 0.717) is 6.42 Å². The molecule has 0 bridgehead atoms. The Hall–Kier alpha value is -1.11. The average molecular weight is 339 g/mol. The zero-order chi connectivity index (χ0) is 14.5. The first-order valence-corrected chi connectivity index (χ1v) is 6.61. The van der Waals surface area contributed by atoms with Crippen LogP contribution in [0.25, 0.3) is 0 Å². The van der Waals surface area contributed by atoms with Gasteiger partial charge in [0.25, 0.3) is 5.91 Å². The summed E-state index contributed by atoms with van der Waals surface area (Å²) in [5.41, 5.74) is 0.142. The average Bonchev–Trinajstić information content (AvgIpc) is 2.33. The second-order valence-corrected chi connectivity index (χ2v) is 4.79. The summed E-state index contributed by atoms with van der Waals surface area (Å²) in [6.07, 6.45) is -1.70. The number of rotatable bonds is 5. The minimum absolute atomic E-state index is 0.0795. The van der Waals surface area contributed by atoms with Gasteiger partial charge in [-0.25, -0.2) is 4.98 Å². The van der Waals surface area contributed by atoms with Gasteiger partial charge < -0.3 is 4.90 Å². The zero-order valence-corrected chi connectivity index (χ0v) is 12.0. The number of hydrogen-bond donors (Lipinski definition) is 0. The molecule has 106 valence electrons. The minimum atomic E-state index is -4.40. The van der Waals surface area contributed by atoms with E-state index in [-0.39, 0.29) is 16.7 Å². The Morgan fingerprint density at radius 3 is 2.68 bits per heavy atom. The molecule has 19 heavy (non-hydrogen) atoms. The number of pyridine rings is 1. The lowest BCUT2D eigenvalue weighted by Crippen LogP contribution is -2.39. The molecule has 0 fully saturated rings. The molecule has 0 aliphatic carbocycles. The highest BCUT2D eigenvalue weighted by Gasteiger charge is 2.33. The Morgan fingerprint density at radius 1 is 1.47 bits per heavy atom. The Balaban J connectivity index is 2.91. The topological polar surface area (TPSA) is 33.2 Å². The molecule has 0 aliphatic rings. The molecule has 0 aliphatic heterocycles. The number of nitrogens with zero attached hydrogens (tertiary/aromatic N) is 2. The van der Waals surface area contributed by atoms with Crippen molar-refractivity contribution in [1.29, 1.82) is 0 Å². The molecule has 0 saturated carbocycles. The number of alkyl halides is 3. The van der Waals surface area contributed by atoms with Gasteiger partial charge in [0.1, 0.15) is 11.1 Å². The number of unbranched alkanes of at least 4 members (excludes halogenated alkanes) is 1. The molecule has 0 spiro atoms. The van der Waals surface area contributed by atoms with Gasteiger partial charge in [-0.2, -0.15) is 13.2 Å². The van der Waals surface area contributed by atoms with Crippen molar-refractivity contribution >= 4 is 21.8 Å². The standard InChI is InChI=1S/C12H14BrF3N2O/c1-2-3-7-18(8-12(14,15)16)11(19)9-5-4-6-17-10(9)13/h4-6H,2-3,7-8H2,1H3. The predicted molar refractivity (Wildman–Crippen MR) is 68.8 cm³/mol. The van der Waals surface area contributed by atoms with Crippen molar-refractivity contribution in [3.05, 3.63) is 28.5 Å². The normalized spacial score (nSPS) is 11.4. The lowest BCUT2D eigenvalue weighted by molar-refractivity contribution is -0.140. The van der Waals surface area contributed by atoms with Crippen molar-refractivity contribution in [2.45, 2.75) is 25.9 Å². The highest BCUT2D eigenvalue weighted by atomic mass is 79.9. The number of carbonyl (C=O) groups excluding carboxylic acids is 1. The van der Waals surface area contributed by atoms with Crippen LogP contribution < -0.4 is 0 Å². The van der Waals surface area contributed by atoms with Crippen molar-refractivity contribution in [3.8, 4) is 0 Å². The Morgan fingerprint density at radius 2 is 2.16 bits per heavy atom. The summed E-state index contributed by atoms with van der Waals surface area (Å²) in [7, 11) is 0. The van der Waals surface area contributed by atoms with Crippen molar-refractivity contribution in [2.24, 2.45) is 0 Å². The monoisotopic (exact) mass is 338 g/mol. The lowest BCUT2D eigenvalue weighted by atomic mass is 10.2. The number of carbonyl (C=O) groups is 1. The zero-order valence-electron chi connectivity index (χ0n) is 10.4. The van der Waals surface area contributed by atoms with Crippen molar-refractivity contribution in [2.75, 3.05) is 13.1 Å². The van der Waals surface area contributed by atoms with E-state index in [4.69, 9.17) is 0 Å². The van der Waals surface area contributed by atoms with E-state index in [1.54, 1.807) is 0 Å². The molecule has 0 atom stereocenters. The molecule has 3 nitrogen and oxygen atoms in total. The maximum Gasteiger partial charge on any atom is 0.406 e. The molecule has 0 aromatic carbocycles. The Kier molecular flexibility index (Phi) is 5.78. The summed E-state index contributed by atoms with van der Waals surface area (Å²) in [6, 6.07) is 2.97. The quantitative estimate of drug-likeness (QED) is 0.768. The summed E-state index contributed by atoms with van der Waals surface area (Å²) in [5.74, 6) is -0.661. The molecular formula is C12H14BrF3N2O. The van der Waals surface area contributed by atoms with Crippen LogP contribution in [0.4, 0.5) is 13.2 Å². The van der Waals surface area contributed by atoms with E-state index in [0.717, 1.165) is 11.3 Å². The van der Waals surface area contributed by atoms with Crippen LogP contribution in [-0.4, -0.2) is 35.1 Å². The van der Waals surface area contributed by atoms with Crippen molar-refractivity contribution in [3.63, 3.8) is 0 Å². The van der Waals surface area contributed by atoms with Gasteiger partial charge >= 0.3 is 6.18 Å². The van der Waals surface area contributed by atoms with E-state index in [1.807, 2.05) is 6.92 Å². The van der Waals surface area contributed by atoms with Crippen LogP contribution >= 0.6 is 15.9 Å². The summed E-state index contributed by atoms with van der Waals surface area (Å²) in [4.78, 5) is 16.8. The molecule has 1 aromatic rings. The maximum atomic E-state index is 12.5. The molecule has 0 saturated heterocycles. The van der Waals surface area contributed by atoms with Gasteiger partial charge in [-0.3, -0.25) is 4.79 Å². The first-order chi connectivity index (χ1) is 8.85. The smallest absolute Gasteiger partial charge is 0.329 e. The molecule has 0 radical (unpaired) electrons. The van der Waals surface area contributed by atoms with Crippen LogP contribution in [-0.2, 0) is 0 Å². The summed E-state index contributed by atoms with van der Waals surface area (Å²) in [5, 5.41) is 0. The molecule has 1 amide bonds. The molecule has 0 unspecified atom stereocenters. The highest BCUT2D eigenvalue weighted by molar-refractivity contribution is 9.10. The largest absolute Gasteiger partial charge is 0.406 e. The van der Waals surface area contributed by atoms with Crippen LogP contribution in [0.1, 0.15) is 30.1 Å². The van der Waals surface area contributed by atoms with Gasteiger partial charge in [-0.05, 0) is 34.5 Å². The number of amides is 1. The fourth-order valence-electron chi connectivity index (χ4n) is 1.53. The van der Waals surface area contributed by atoms with Gasteiger partial charge in [-0.15, -0.1) is 0 Å². The van der Waals surface area contributed by atoms with Gasteiger partial charge in [0.05, 0.1) is 5.56 Å². The van der Waals surface area contributed by atoms with E-state index in [9.17, 15) is 18.0 Å². The van der Waals surface area contributed by atoms with Gasteiger partial charge in [0.15, 0.2) is 0 Å². The minimum Gasteiger partial charge on any atom is -0.329 e. The second-order valence-electron chi connectivity index (χ2n) is 4.04. The van der Waals surface area contributed by atoms with E-state index < -0.39 is 18.6 Å². The van der Waals surface area contributed by atoms with Crippen LogP contribution in [0, 0.1) is 0 Å². The highest BCUT2D eigenvalue weighted by Crippen LogP contribution is 2.21. The molecule has 1 aromatic heterocycles. The molecule has 1 heterocycles. The Labute approximate surface area is 117 Å². The van der Waals surface area contributed by atoms with Crippen LogP contribution in [0.2, 0.25) is 0 Å². The van der Waals surface area contributed by atoms with Gasteiger partial charge in [-0.1, -0.05) is 13.3 Å². The third-order valence-corrected chi connectivity index (χ3v) is 3.06. The van der Waals surface area contributed by atoms with E-state index in [1.165, 1.54) is 18.3 Å². The maximum absolute atomic E-state index is 12.5.